The molecule has 5 heteroatoms. The number of rotatable bonds is 6. The molecule has 1 rings (SSSR count). The van der Waals surface area contributed by atoms with Crippen LogP contribution >= 0.6 is 11.3 Å². The Balaban J connectivity index is 2.16. The first-order chi connectivity index (χ1) is 7.22. The fourth-order valence-corrected chi connectivity index (χ4v) is 1.93. The Kier molecular flexibility index (Phi) is 5.14. The lowest BCUT2D eigenvalue weighted by Crippen LogP contribution is -2.26. The Bertz CT molecular complexity index is 298. The Morgan fingerprint density at radius 3 is 3.00 bits per heavy atom. The third-order valence-electron chi connectivity index (χ3n) is 2.24. The first kappa shape index (κ1) is 12.0. The van der Waals surface area contributed by atoms with Crippen LogP contribution in [0.25, 0.3) is 0 Å². The second-order valence-corrected chi connectivity index (χ2v) is 4.31. The highest BCUT2D eigenvalue weighted by Gasteiger charge is 2.01. The summed E-state index contributed by atoms with van der Waals surface area (Å²) in [5, 5.41) is 15.6. The van der Waals surface area contributed by atoms with Gasteiger partial charge in [-0.05, 0) is 35.9 Å². The number of hydrogen-bond acceptors (Lipinski definition) is 4. The summed E-state index contributed by atoms with van der Waals surface area (Å²) in [5.41, 5.74) is 6.76. The van der Waals surface area contributed by atoms with Crippen LogP contribution in [0.3, 0.4) is 0 Å². The fraction of sp³-hybridized carbons (Fsp3) is 0.500. The molecule has 4 nitrogen and oxygen atoms in total. The van der Waals surface area contributed by atoms with Gasteiger partial charge in [0.15, 0.2) is 0 Å². The monoisotopic (exact) mass is 227 g/mol. The van der Waals surface area contributed by atoms with Crippen molar-refractivity contribution >= 4 is 17.2 Å². The maximum absolute atomic E-state index is 8.37. The Labute approximate surface area is 94.0 Å². The molecule has 0 spiro atoms. The van der Waals surface area contributed by atoms with Crippen molar-refractivity contribution in [3.05, 3.63) is 22.4 Å². The summed E-state index contributed by atoms with van der Waals surface area (Å²) >= 11 is 1.72. The summed E-state index contributed by atoms with van der Waals surface area (Å²) in [7, 11) is 2.04. The molecule has 0 saturated carbocycles. The van der Waals surface area contributed by atoms with Crippen LogP contribution in [-0.2, 0) is 6.42 Å². The topological polar surface area (TPSA) is 61.8 Å². The molecule has 3 N–H and O–H groups in total. The highest BCUT2D eigenvalue weighted by molar-refractivity contribution is 7.07. The normalized spacial score (nSPS) is 12.3. The van der Waals surface area contributed by atoms with E-state index in [1.54, 1.807) is 11.3 Å². The van der Waals surface area contributed by atoms with Crippen LogP contribution in [-0.4, -0.2) is 36.1 Å². The van der Waals surface area contributed by atoms with E-state index in [9.17, 15) is 0 Å². The Morgan fingerprint density at radius 2 is 2.40 bits per heavy atom. The van der Waals surface area contributed by atoms with Gasteiger partial charge >= 0.3 is 0 Å². The average Bonchev–Trinajstić information content (AvgIpc) is 2.75. The zero-order valence-electron chi connectivity index (χ0n) is 8.89. The van der Waals surface area contributed by atoms with Gasteiger partial charge in [-0.1, -0.05) is 5.16 Å². The molecule has 1 heterocycles. The summed E-state index contributed by atoms with van der Waals surface area (Å²) in [4.78, 5) is 2.18. The lowest BCUT2D eigenvalue weighted by molar-refractivity contribution is 0.311. The van der Waals surface area contributed by atoms with Gasteiger partial charge in [0.2, 0.25) is 0 Å². The summed E-state index contributed by atoms with van der Waals surface area (Å²) in [6, 6.07) is 2.14. The number of hydrogen-bond donors (Lipinski definition) is 2. The van der Waals surface area contributed by atoms with Crippen molar-refractivity contribution in [2.45, 2.75) is 12.8 Å². The van der Waals surface area contributed by atoms with E-state index >= 15 is 0 Å². The van der Waals surface area contributed by atoms with Crippen LogP contribution < -0.4 is 5.73 Å². The highest BCUT2D eigenvalue weighted by atomic mass is 32.1. The first-order valence-electron chi connectivity index (χ1n) is 4.88. The molecule has 0 aromatic carbocycles. The third-order valence-corrected chi connectivity index (χ3v) is 2.97. The van der Waals surface area contributed by atoms with Crippen LogP contribution in [0, 0.1) is 0 Å². The molecular weight excluding hydrogens is 210 g/mol. The molecule has 0 radical (unpaired) electrons. The highest BCUT2D eigenvalue weighted by Crippen LogP contribution is 2.06. The number of nitrogens with two attached hydrogens (primary N) is 1. The number of thiophene rings is 1. The molecule has 0 unspecified atom stereocenters. The van der Waals surface area contributed by atoms with Crippen LogP contribution in [0.4, 0.5) is 0 Å². The van der Waals surface area contributed by atoms with E-state index in [1.165, 1.54) is 5.56 Å². The minimum atomic E-state index is 0.289. The van der Waals surface area contributed by atoms with Gasteiger partial charge in [-0.15, -0.1) is 0 Å². The van der Waals surface area contributed by atoms with E-state index in [0.29, 0.717) is 6.42 Å². The minimum Gasteiger partial charge on any atom is -0.409 e. The molecule has 0 atom stereocenters. The van der Waals surface area contributed by atoms with E-state index in [2.05, 4.69) is 26.9 Å². The molecule has 15 heavy (non-hydrogen) atoms. The molecule has 0 saturated heterocycles. The van der Waals surface area contributed by atoms with Gasteiger partial charge in [0, 0.05) is 19.5 Å². The van der Waals surface area contributed by atoms with Gasteiger partial charge in [-0.25, -0.2) is 0 Å². The quantitative estimate of drug-likeness (QED) is 0.334. The fourth-order valence-electron chi connectivity index (χ4n) is 1.22. The van der Waals surface area contributed by atoms with Crippen molar-refractivity contribution in [3.63, 3.8) is 0 Å². The van der Waals surface area contributed by atoms with Crippen molar-refractivity contribution in [1.29, 1.82) is 0 Å². The number of oxime groups is 1. The van der Waals surface area contributed by atoms with Crippen molar-refractivity contribution in [3.8, 4) is 0 Å². The number of amidine groups is 1. The summed E-state index contributed by atoms with van der Waals surface area (Å²) in [6.45, 7) is 1.81. The summed E-state index contributed by atoms with van der Waals surface area (Å²) < 4.78 is 0. The summed E-state index contributed by atoms with van der Waals surface area (Å²) in [6.07, 6.45) is 1.66. The molecule has 84 valence electrons. The van der Waals surface area contributed by atoms with Gasteiger partial charge in [-0.2, -0.15) is 11.3 Å². The van der Waals surface area contributed by atoms with Gasteiger partial charge in [0.05, 0.1) is 0 Å². The average molecular weight is 227 g/mol. The maximum atomic E-state index is 8.37. The van der Waals surface area contributed by atoms with E-state index in [-0.39, 0.29) is 5.84 Å². The third kappa shape index (κ3) is 4.80. The maximum Gasteiger partial charge on any atom is 0.140 e. The van der Waals surface area contributed by atoms with Crippen LogP contribution in [0.1, 0.15) is 12.0 Å². The van der Waals surface area contributed by atoms with Gasteiger partial charge in [-0.3, -0.25) is 0 Å². The van der Waals surface area contributed by atoms with E-state index in [1.807, 2.05) is 7.05 Å². The predicted octanol–water partition coefficient (Wildman–Crippen LogP) is 1.36. The lowest BCUT2D eigenvalue weighted by Gasteiger charge is -2.15. The van der Waals surface area contributed by atoms with Crippen LogP contribution in [0.15, 0.2) is 22.0 Å². The molecule has 0 bridgehead atoms. The smallest absolute Gasteiger partial charge is 0.140 e. The molecule has 1 aromatic heterocycles. The lowest BCUT2D eigenvalue weighted by atomic mass is 10.2. The number of likely N-dealkylation sites (N-methyl/N-ethyl adjacent to an activating group) is 1. The van der Waals surface area contributed by atoms with Crippen molar-refractivity contribution < 1.29 is 5.21 Å². The van der Waals surface area contributed by atoms with Crippen molar-refractivity contribution in [2.24, 2.45) is 10.9 Å². The molecule has 1 aromatic rings. The predicted molar refractivity (Wildman–Crippen MR) is 63.5 cm³/mol. The molecule has 0 aliphatic carbocycles. The second kappa shape index (κ2) is 6.42. The molecule has 0 amide bonds. The minimum absolute atomic E-state index is 0.289. The molecule has 0 fully saturated rings. The molecular formula is C10H17N3OS. The standard InChI is InChI=1S/C10H17N3OS/c1-13(6-3-10(11)12-14)5-2-9-4-7-15-8-9/h4,7-8,14H,2-3,5-6H2,1H3,(H2,11,12). The Morgan fingerprint density at radius 1 is 1.60 bits per heavy atom. The second-order valence-electron chi connectivity index (χ2n) is 3.53. The molecule has 0 aliphatic heterocycles. The zero-order chi connectivity index (χ0) is 11.1. The summed E-state index contributed by atoms with van der Waals surface area (Å²) in [5.74, 6) is 0.289. The van der Waals surface area contributed by atoms with E-state index < -0.39 is 0 Å². The molecule has 0 aliphatic rings. The Hall–Kier alpha value is -1.07. The van der Waals surface area contributed by atoms with Gasteiger partial charge in [0.25, 0.3) is 0 Å². The van der Waals surface area contributed by atoms with Crippen molar-refractivity contribution in [2.75, 3.05) is 20.1 Å². The van der Waals surface area contributed by atoms with E-state index in [4.69, 9.17) is 10.9 Å². The first-order valence-corrected chi connectivity index (χ1v) is 5.82. The van der Waals surface area contributed by atoms with Gasteiger partial charge in [0.1, 0.15) is 5.84 Å². The largest absolute Gasteiger partial charge is 0.409 e. The van der Waals surface area contributed by atoms with Crippen molar-refractivity contribution in [1.82, 2.24) is 4.90 Å². The number of nitrogens with zero attached hydrogens (tertiary/aromatic N) is 2. The SMILES string of the molecule is CN(CCC(N)=NO)CCc1ccsc1. The zero-order valence-corrected chi connectivity index (χ0v) is 9.70. The van der Waals surface area contributed by atoms with Gasteiger partial charge < -0.3 is 15.8 Å². The van der Waals surface area contributed by atoms with E-state index in [0.717, 1.165) is 19.5 Å². The van der Waals surface area contributed by atoms with Crippen LogP contribution in [0.2, 0.25) is 0 Å². The van der Waals surface area contributed by atoms with Crippen LogP contribution in [0.5, 0.6) is 0 Å².